The lowest BCUT2D eigenvalue weighted by Gasteiger charge is -2.33. The van der Waals surface area contributed by atoms with E-state index in [0.29, 0.717) is 12.1 Å². The van der Waals surface area contributed by atoms with Crippen molar-refractivity contribution in [1.82, 2.24) is 20.0 Å². The van der Waals surface area contributed by atoms with Crippen molar-refractivity contribution in [3.05, 3.63) is 18.0 Å². The van der Waals surface area contributed by atoms with E-state index in [1.165, 1.54) is 25.1 Å². The van der Waals surface area contributed by atoms with Crippen LogP contribution in [0.15, 0.2) is 12.3 Å². The van der Waals surface area contributed by atoms with Gasteiger partial charge in [-0.3, -0.25) is 4.68 Å². The van der Waals surface area contributed by atoms with E-state index < -0.39 is 0 Å². The molecular weight excluding hydrogens is 212 g/mol. The average molecular weight is 236 g/mol. The third kappa shape index (κ3) is 2.69. The van der Waals surface area contributed by atoms with Gasteiger partial charge in [-0.2, -0.15) is 5.10 Å². The topological polar surface area (TPSA) is 33.1 Å². The van der Waals surface area contributed by atoms with Gasteiger partial charge >= 0.3 is 0 Å². The van der Waals surface area contributed by atoms with Crippen molar-refractivity contribution in [2.24, 2.45) is 0 Å². The highest BCUT2D eigenvalue weighted by atomic mass is 15.3. The number of likely N-dealkylation sites (N-methyl/N-ethyl adjacent to an activating group) is 1. The van der Waals surface area contributed by atoms with Crippen molar-refractivity contribution in [3.8, 4) is 0 Å². The molecule has 4 nitrogen and oxygen atoms in total. The molecule has 1 N–H and O–H groups in total. The van der Waals surface area contributed by atoms with E-state index in [-0.39, 0.29) is 0 Å². The van der Waals surface area contributed by atoms with Crippen LogP contribution in [0.4, 0.5) is 0 Å². The van der Waals surface area contributed by atoms with Crippen LogP contribution in [0.5, 0.6) is 0 Å². The quantitative estimate of drug-likeness (QED) is 0.865. The number of hydrogen-bond donors (Lipinski definition) is 1. The zero-order valence-electron chi connectivity index (χ0n) is 11.2. The van der Waals surface area contributed by atoms with Crippen molar-refractivity contribution in [1.29, 1.82) is 0 Å². The fraction of sp³-hybridized carbons (Fsp3) is 0.769. The van der Waals surface area contributed by atoms with Crippen molar-refractivity contribution in [2.75, 3.05) is 26.7 Å². The summed E-state index contributed by atoms with van der Waals surface area (Å²) in [5.74, 6) is 0. The van der Waals surface area contributed by atoms with Gasteiger partial charge in [-0.1, -0.05) is 6.92 Å². The molecule has 1 aromatic rings. The molecule has 96 valence electrons. The summed E-state index contributed by atoms with van der Waals surface area (Å²) in [6, 6.07) is 3.05. The van der Waals surface area contributed by atoms with Crippen LogP contribution in [0.25, 0.3) is 0 Å². The zero-order chi connectivity index (χ0) is 12.3. The second-order valence-corrected chi connectivity index (χ2v) is 4.90. The number of piperidine rings is 1. The molecule has 1 aromatic heterocycles. The van der Waals surface area contributed by atoms with Gasteiger partial charge < -0.3 is 10.2 Å². The van der Waals surface area contributed by atoms with E-state index in [2.05, 4.69) is 39.9 Å². The fourth-order valence-electron chi connectivity index (χ4n) is 2.64. The van der Waals surface area contributed by atoms with Gasteiger partial charge in [0.2, 0.25) is 0 Å². The van der Waals surface area contributed by atoms with Crippen LogP contribution in [0.1, 0.15) is 44.5 Å². The molecule has 0 spiro atoms. The predicted octanol–water partition coefficient (Wildman–Crippen LogP) is 1.82. The SMILES string of the molecule is CCN1CCCC(n2nccc2C(C)NC)C1. The maximum absolute atomic E-state index is 4.53. The lowest BCUT2D eigenvalue weighted by atomic mass is 10.1. The normalized spacial score (nSPS) is 23.8. The van der Waals surface area contributed by atoms with Gasteiger partial charge in [-0.15, -0.1) is 0 Å². The summed E-state index contributed by atoms with van der Waals surface area (Å²) >= 11 is 0. The Kier molecular flexibility index (Phi) is 4.18. The lowest BCUT2D eigenvalue weighted by molar-refractivity contribution is 0.174. The Balaban J connectivity index is 2.13. The molecule has 2 atom stereocenters. The third-order valence-corrected chi connectivity index (χ3v) is 3.85. The first-order valence-corrected chi connectivity index (χ1v) is 6.69. The molecule has 0 aliphatic carbocycles. The van der Waals surface area contributed by atoms with E-state index in [9.17, 15) is 0 Å². The smallest absolute Gasteiger partial charge is 0.0650 e. The number of nitrogens with one attached hydrogen (secondary N) is 1. The van der Waals surface area contributed by atoms with E-state index in [0.717, 1.165) is 13.1 Å². The second kappa shape index (κ2) is 5.65. The summed E-state index contributed by atoms with van der Waals surface area (Å²) in [5, 5.41) is 7.83. The first kappa shape index (κ1) is 12.6. The third-order valence-electron chi connectivity index (χ3n) is 3.85. The van der Waals surface area contributed by atoms with Crippen LogP contribution >= 0.6 is 0 Å². The minimum absolute atomic E-state index is 0.370. The lowest BCUT2D eigenvalue weighted by Crippen LogP contribution is -2.37. The summed E-state index contributed by atoms with van der Waals surface area (Å²) in [5.41, 5.74) is 1.30. The number of likely N-dealkylation sites (tertiary alicyclic amines) is 1. The van der Waals surface area contributed by atoms with Crippen molar-refractivity contribution < 1.29 is 0 Å². The number of nitrogens with zero attached hydrogens (tertiary/aromatic N) is 3. The molecule has 1 fully saturated rings. The predicted molar refractivity (Wildman–Crippen MR) is 70.1 cm³/mol. The molecule has 17 heavy (non-hydrogen) atoms. The molecule has 0 bridgehead atoms. The molecule has 4 heteroatoms. The van der Waals surface area contributed by atoms with E-state index >= 15 is 0 Å². The van der Waals surface area contributed by atoms with Gasteiger partial charge in [-0.05, 0) is 46.0 Å². The molecule has 1 aliphatic heterocycles. The summed E-state index contributed by atoms with van der Waals surface area (Å²) in [4.78, 5) is 2.52. The zero-order valence-corrected chi connectivity index (χ0v) is 11.2. The molecule has 1 saturated heterocycles. The maximum Gasteiger partial charge on any atom is 0.0650 e. The Bertz CT molecular complexity index is 347. The van der Waals surface area contributed by atoms with Gasteiger partial charge in [0.05, 0.1) is 11.7 Å². The van der Waals surface area contributed by atoms with Crippen LogP contribution in [-0.4, -0.2) is 41.4 Å². The first-order chi connectivity index (χ1) is 8.26. The number of aromatic nitrogens is 2. The van der Waals surface area contributed by atoms with Gasteiger partial charge in [-0.25, -0.2) is 0 Å². The van der Waals surface area contributed by atoms with Gasteiger partial charge in [0.25, 0.3) is 0 Å². The Hall–Kier alpha value is -0.870. The highest BCUT2D eigenvalue weighted by molar-refractivity contribution is 5.07. The number of rotatable bonds is 4. The monoisotopic (exact) mass is 236 g/mol. The fourth-order valence-corrected chi connectivity index (χ4v) is 2.64. The second-order valence-electron chi connectivity index (χ2n) is 4.90. The molecule has 0 radical (unpaired) electrons. The molecule has 0 aromatic carbocycles. The molecule has 0 amide bonds. The standard InChI is InChI=1S/C13H24N4/c1-4-16-9-5-6-12(10-16)17-13(7-8-15-17)11(2)14-3/h7-8,11-12,14H,4-6,9-10H2,1-3H3. The minimum atomic E-state index is 0.370. The van der Waals surface area contributed by atoms with Crippen LogP contribution in [0, 0.1) is 0 Å². The largest absolute Gasteiger partial charge is 0.312 e. The molecule has 2 unspecified atom stereocenters. The summed E-state index contributed by atoms with van der Waals surface area (Å²) in [6.07, 6.45) is 4.46. The van der Waals surface area contributed by atoms with Gasteiger partial charge in [0.1, 0.15) is 0 Å². The molecule has 0 saturated carbocycles. The first-order valence-electron chi connectivity index (χ1n) is 6.69. The average Bonchev–Trinajstić information content (AvgIpc) is 2.87. The van der Waals surface area contributed by atoms with Crippen LogP contribution in [0.3, 0.4) is 0 Å². The van der Waals surface area contributed by atoms with Crippen molar-refractivity contribution >= 4 is 0 Å². The van der Waals surface area contributed by atoms with E-state index in [1.54, 1.807) is 0 Å². The number of hydrogen-bond acceptors (Lipinski definition) is 3. The molecule has 2 heterocycles. The Morgan fingerprint density at radius 1 is 1.59 bits per heavy atom. The van der Waals surface area contributed by atoms with Crippen LogP contribution in [-0.2, 0) is 0 Å². The Labute approximate surface area is 104 Å². The molecule has 2 rings (SSSR count). The van der Waals surface area contributed by atoms with Crippen molar-refractivity contribution in [2.45, 2.75) is 38.8 Å². The molecular formula is C13H24N4. The van der Waals surface area contributed by atoms with Gasteiger partial charge in [0, 0.05) is 18.8 Å². The maximum atomic E-state index is 4.53. The Morgan fingerprint density at radius 3 is 3.12 bits per heavy atom. The van der Waals surface area contributed by atoms with E-state index in [1.807, 2.05) is 13.2 Å². The van der Waals surface area contributed by atoms with Crippen LogP contribution < -0.4 is 5.32 Å². The minimum Gasteiger partial charge on any atom is -0.312 e. The molecule has 1 aliphatic rings. The highest BCUT2D eigenvalue weighted by Crippen LogP contribution is 2.24. The summed E-state index contributed by atoms with van der Waals surface area (Å²) < 4.78 is 2.23. The highest BCUT2D eigenvalue weighted by Gasteiger charge is 2.23. The van der Waals surface area contributed by atoms with Crippen molar-refractivity contribution in [3.63, 3.8) is 0 Å². The van der Waals surface area contributed by atoms with Crippen LogP contribution in [0.2, 0.25) is 0 Å². The Morgan fingerprint density at radius 2 is 2.41 bits per heavy atom. The van der Waals surface area contributed by atoms with E-state index in [4.69, 9.17) is 0 Å². The summed E-state index contributed by atoms with van der Waals surface area (Å²) in [7, 11) is 2.00. The summed E-state index contributed by atoms with van der Waals surface area (Å²) in [6.45, 7) is 7.96. The van der Waals surface area contributed by atoms with Gasteiger partial charge in [0.15, 0.2) is 0 Å².